The lowest BCUT2D eigenvalue weighted by atomic mass is 9.77. The summed E-state index contributed by atoms with van der Waals surface area (Å²) in [6, 6.07) is 0. The lowest BCUT2D eigenvalue weighted by Gasteiger charge is -2.49. The Kier molecular flexibility index (Phi) is 5.83. The average molecular weight is 339 g/mol. The van der Waals surface area contributed by atoms with Crippen molar-refractivity contribution >= 4 is 5.91 Å². The zero-order valence-electron chi connectivity index (χ0n) is 15.1. The zero-order valence-corrected chi connectivity index (χ0v) is 15.1. The summed E-state index contributed by atoms with van der Waals surface area (Å²) in [5, 5.41) is 10.7. The molecule has 3 rings (SSSR count). The number of methoxy groups -OCH3 is 1. The maximum Gasteiger partial charge on any atom is 0.222 e. The molecule has 1 unspecified atom stereocenters. The monoisotopic (exact) mass is 339 g/mol. The molecule has 0 bridgehead atoms. The Morgan fingerprint density at radius 1 is 1.25 bits per heavy atom. The number of hydrogen-bond acceptors (Lipinski definition) is 4. The topological polar surface area (TPSA) is 59.0 Å². The molecule has 0 radical (unpaired) electrons. The highest BCUT2D eigenvalue weighted by atomic mass is 16.5. The molecule has 3 fully saturated rings. The molecule has 0 aromatic heterocycles. The molecule has 2 heterocycles. The van der Waals surface area contributed by atoms with E-state index in [1.807, 2.05) is 4.90 Å². The van der Waals surface area contributed by atoms with E-state index >= 15 is 0 Å². The first kappa shape index (κ1) is 18.2. The first-order chi connectivity index (χ1) is 11.5. The van der Waals surface area contributed by atoms with E-state index in [9.17, 15) is 9.90 Å². The Bertz CT molecular complexity index is 423. The fraction of sp³-hybridized carbons (Fsp3) is 0.947. The SMILES string of the molecule is COCC1(O)CCOC2(CCN(C(=O)CCC3CCCC3)CC2)C1. The molecule has 138 valence electrons. The van der Waals surface area contributed by atoms with Crippen LogP contribution >= 0.6 is 0 Å². The minimum absolute atomic E-state index is 0.270. The highest BCUT2D eigenvalue weighted by Gasteiger charge is 2.46. The Hall–Kier alpha value is -0.650. The van der Waals surface area contributed by atoms with E-state index in [-0.39, 0.29) is 5.60 Å². The van der Waals surface area contributed by atoms with Crippen LogP contribution in [0.3, 0.4) is 0 Å². The van der Waals surface area contributed by atoms with Gasteiger partial charge < -0.3 is 19.5 Å². The highest BCUT2D eigenvalue weighted by Crippen LogP contribution is 2.40. The fourth-order valence-corrected chi connectivity index (χ4v) is 4.86. The number of piperidine rings is 1. The van der Waals surface area contributed by atoms with Gasteiger partial charge in [-0.15, -0.1) is 0 Å². The number of nitrogens with zero attached hydrogens (tertiary/aromatic N) is 1. The molecule has 0 aromatic rings. The van der Waals surface area contributed by atoms with Crippen molar-refractivity contribution in [3.05, 3.63) is 0 Å². The number of likely N-dealkylation sites (tertiary alicyclic amines) is 1. The van der Waals surface area contributed by atoms with Crippen LogP contribution in [0.4, 0.5) is 0 Å². The van der Waals surface area contributed by atoms with Crippen molar-refractivity contribution in [2.24, 2.45) is 5.92 Å². The van der Waals surface area contributed by atoms with Crippen LogP contribution in [0.25, 0.3) is 0 Å². The standard InChI is InChI=1S/C19H33NO4/c1-23-15-18(22)10-13-24-19(14-18)8-11-20(12-9-19)17(21)7-6-16-4-2-3-5-16/h16,22H,2-15H2,1H3. The molecule has 0 aromatic carbocycles. The van der Waals surface area contributed by atoms with Crippen LogP contribution < -0.4 is 0 Å². The predicted octanol–water partition coefficient (Wildman–Crippen LogP) is 2.51. The molecule has 1 atom stereocenters. The van der Waals surface area contributed by atoms with Gasteiger partial charge in [0.25, 0.3) is 0 Å². The van der Waals surface area contributed by atoms with Crippen molar-refractivity contribution in [3.8, 4) is 0 Å². The molecule has 24 heavy (non-hydrogen) atoms. The molecule has 2 aliphatic heterocycles. The second kappa shape index (κ2) is 7.71. The highest BCUT2D eigenvalue weighted by molar-refractivity contribution is 5.76. The first-order valence-electron chi connectivity index (χ1n) is 9.67. The van der Waals surface area contributed by atoms with E-state index < -0.39 is 5.60 Å². The van der Waals surface area contributed by atoms with Crippen molar-refractivity contribution < 1.29 is 19.4 Å². The average Bonchev–Trinajstić information content (AvgIpc) is 3.06. The molecule has 3 aliphatic rings. The summed E-state index contributed by atoms with van der Waals surface area (Å²) in [6.45, 7) is 2.46. The molecule has 1 spiro atoms. The van der Waals surface area contributed by atoms with E-state index in [1.54, 1.807) is 7.11 Å². The van der Waals surface area contributed by atoms with E-state index in [1.165, 1.54) is 25.7 Å². The largest absolute Gasteiger partial charge is 0.387 e. The van der Waals surface area contributed by atoms with Crippen molar-refractivity contribution in [1.29, 1.82) is 0 Å². The van der Waals surface area contributed by atoms with Crippen LogP contribution in [0.5, 0.6) is 0 Å². The summed E-state index contributed by atoms with van der Waals surface area (Å²) in [7, 11) is 1.63. The molecule has 1 saturated carbocycles. The quantitative estimate of drug-likeness (QED) is 0.836. The number of rotatable bonds is 5. The van der Waals surface area contributed by atoms with Gasteiger partial charge in [0.15, 0.2) is 0 Å². The molecular weight excluding hydrogens is 306 g/mol. The van der Waals surface area contributed by atoms with Crippen molar-refractivity contribution in [1.82, 2.24) is 4.90 Å². The van der Waals surface area contributed by atoms with E-state index in [2.05, 4.69) is 0 Å². The third-order valence-corrected chi connectivity index (χ3v) is 6.31. The van der Waals surface area contributed by atoms with Gasteiger partial charge in [-0.05, 0) is 25.2 Å². The van der Waals surface area contributed by atoms with Gasteiger partial charge in [0, 0.05) is 39.5 Å². The van der Waals surface area contributed by atoms with Crippen LogP contribution in [0.1, 0.15) is 64.2 Å². The third kappa shape index (κ3) is 4.30. The normalized spacial score (nSPS) is 30.8. The Morgan fingerprint density at radius 3 is 2.62 bits per heavy atom. The number of ether oxygens (including phenoxy) is 2. The first-order valence-corrected chi connectivity index (χ1v) is 9.67. The van der Waals surface area contributed by atoms with Crippen LogP contribution in [-0.4, -0.2) is 60.5 Å². The van der Waals surface area contributed by atoms with Gasteiger partial charge in [-0.25, -0.2) is 0 Å². The Balaban J connectivity index is 1.46. The van der Waals surface area contributed by atoms with Gasteiger partial charge in [0.05, 0.1) is 24.4 Å². The summed E-state index contributed by atoms with van der Waals surface area (Å²) in [5.41, 5.74) is -1.05. The number of carbonyl (C=O) groups is 1. The van der Waals surface area contributed by atoms with Crippen LogP contribution in [0.2, 0.25) is 0 Å². The fourth-order valence-electron chi connectivity index (χ4n) is 4.86. The van der Waals surface area contributed by atoms with Crippen LogP contribution in [-0.2, 0) is 14.3 Å². The Labute approximate surface area is 145 Å². The van der Waals surface area contributed by atoms with Crippen molar-refractivity contribution in [2.45, 2.75) is 75.4 Å². The summed E-state index contributed by atoms with van der Waals surface area (Å²) >= 11 is 0. The van der Waals surface area contributed by atoms with E-state index in [0.717, 1.165) is 38.3 Å². The summed E-state index contributed by atoms with van der Waals surface area (Å²) in [6.07, 6.45) is 9.97. The Morgan fingerprint density at radius 2 is 1.96 bits per heavy atom. The minimum atomic E-state index is -0.776. The van der Waals surface area contributed by atoms with Crippen molar-refractivity contribution in [3.63, 3.8) is 0 Å². The lowest BCUT2D eigenvalue weighted by molar-refractivity contribution is -0.192. The maximum absolute atomic E-state index is 12.5. The van der Waals surface area contributed by atoms with Gasteiger partial charge in [0.1, 0.15) is 0 Å². The molecule has 1 aliphatic carbocycles. The molecule has 1 amide bonds. The summed E-state index contributed by atoms with van der Waals surface area (Å²) in [5.74, 6) is 1.08. The lowest BCUT2D eigenvalue weighted by Crippen LogP contribution is -2.56. The summed E-state index contributed by atoms with van der Waals surface area (Å²) < 4.78 is 11.3. The predicted molar refractivity (Wildman–Crippen MR) is 91.7 cm³/mol. The van der Waals surface area contributed by atoms with E-state index in [4.69, 9.17) is 9.47 Å². The van der Waals surface area contributed by atoms with Gasteiger partial charge >= 0.3 is 0 Å². The summed E-state index contributed by atoms with van der Waals surface area (Å²) in [4.78, 5) is 14.5. The van der Waals surface area contributed by atoms with Gasteiger partial charge in [0.2, 0.25) is 5.91 Å². The smallest absolute Gasteiger partial charge is 0.222 e. The third-order valence-electron chi connectivity index (χ3n) is 6.31. The zero-order chi connectivity index (χ0) is 17.0. The second-order valence-corrected chi connectivity index (χ2v) is 8.19. The second-order valence-electron chi connectivity index (χ2n) is 8.19. The van der Waals surface area contributed by atoms with Gasteiger partial charge in [-0.3, -0.25) is 4.79 Å². The van der Waals surface area contributed by atoms with E-state index in [0.29, 0.717) is 38.4 Å². The van der Waals surface area contributed by atoms with Gasteiger partial charge in [-0.1, -0.05) is 25.7 Å². The molecule has 1 N–H and O–H groups in total. The van der Waals surface area contributed by atoms with Crippen LogP contribution in [0, 0.1) is 5.92 Å². The number of hydrogen-bond donors (Lipinski definition) is 1. The number of amides is 1. The number of aliphatic hydroxyl groups is 1. The molecule has 2 saturated heterocycles. The van der Waals surface area contributed by atoms with Crippen molar-refractivity contribution in [2.75, 3.05) is 33.4 Å². The number of carbonyl (C=O) groups excluding carboxylic acids is 1. The van der Waals surface area contributed by atoms with Crippen LogP contribution in [0.15, 0.2) is 0 Å². The van der Waals surface area contributed by atoms with Gasteiger partial charge in [-0.2, -0.15) is 0 Å². The molecule has 5 nitrogen and oxygen atoms in total. The minimum Gasteiger partial charge on any atom is -0.387 e. The molecule has 5 heteroatoms. The molecular formula is C19H33NO4. The maximum atomic E-state index is 12.5.